The summed E-state index contributed by atoms with van der Waals surface area (Å²) in [6, 6.07) is 6.19. The molecule has 0 bridgehead atoms. The van der Waals surface area contributed by atoms with Gasteiger partial charge in [0, 0.05) is 6.04 Å². The van der Waals surface area contributed by atoms with E-state index in [0.717, 1.165) is 31.4 Å². The van der Waals surface area contributed by atoms with Gasteiger partial charge in [-0.25, -0.2) is 0 Å². The molecule has 0 fully saturated rings. The van der Waals surface area contributed by atoms with Crippen molar-refractivity contribution in [1.82, 2.24) is 5.32 Å². The maximum Gasteiger partial charge on any atom is 0.0640 e. The summed E-state index contributed by atoms with van der Waals surface area (Å²) in [6.45, 7) is 6.93. The Hall–Kier alpha value is -0.500. The molecule has 0 saturated carbocycles. The molecule has 0 saturated heterocycles. The molecule has 1 nitrogen and oxygen atoms in total. The van der Waals surface area contributed by atoms with Crippen LogP contribution in [0, 0.1) is 0 Å². The minimum Gasteiger partial charge on any atom is -0.310 e. The fourth-order valence-corrected chi connectivity index (χ4v) is 2.73. The Morgan fingerprint density at radius 1 is 1.25 bits per heavy atom. The van der Waals surface area contributed by atoms with E-state index in [1.165, 1.54) is 19.3 Å². The average Bonchev–Trinajstić information content (AvgIpc) is 2.45. The van der Waals surface area contributed by atoms with Crippen molar-refractivity contribution in [3.05, 3.63) is 46.5 Å². The molecule has 0 aromatic heterocycles. The van der Waals surface area contributed by atoms with Crippen LogP contribution in [0.2, 0.25) is 10.0 Å². The van der Waals surface area contributed by atoms with Crippen molar-refractivity contribution in [2.75, 3.05) is 6.54 Å². The predicted molar refractivity (Wildman–Crippen MR) is 90.8 cm³/mol. The molecule has 1 N–H and O–H groups in total. The molecule has 0 heterocycles. The second-order valence-electron chi connectivity index (χ2n) is 5.08. The average molecular weight is 314 g/mol. The highest BCUT2D eigenvalue weighted by Gasteiger charge is 2.15. The lowest BCUT2D eigenvalue weighted by Gasteiger charge is -2.20. The van der Waals surface area contributed by atoms with Gasteiger partial charge in [0.25, 0.3) is 0 Å². The molecule has 1 unspecified atom stereocenters. The summed E-state index contributed by atoms with van der Waals surface area (Å²) in [5, 5.41) is 4.91. The van der Waals surface area contributed by atoms with E-state index in [2.05, 4.69) is 24.9 Å². The molecule has 0 spiro atoms. The summed E-state index contributed by atoms with van der Waals surface area (Å²) < 4.78 is 0. The first-order chi connectivity index (χ1) is 9.70. The zero-order valence-electron chi connectivity index (χ0n) is 12.3. The van der Waals surface area contributed by atoms with Crippen LogP contribution >= 0.6 is 23.2 Å². The molecule has 3 heteroatoms. The number of nitrogens with one attached hydrogen (secondary N) is 1. The largest absolute Gasteiger partial charge is 0.310 e. The first-order valence-corrected chi connectivity index (χ1v) is 8.24. The van der Waals surface area contributed by atoms with Crippen LogP contribution in [0.5, 0.6) is 0 Å². The highest BCUT2D eigenvalue weighted by molar-refractivity contribution is 6.42. The van der Waals surface area contributed by atoms with Crippen LogP contribution in [0.4, 0.5) is 0 Å². The Bertz CT molecular complexity index is 404. The monoisotopic (exact) mass is 313 g/mol. The van der Waals surface area contributed by atoms with Crippen LogP contribution in [-0.2, 0) is 0 Å². The van der Waals surface area contributed by atoms with Gasteiger partial charge in [-0.1, -0.05) is 61.2 Å². The normalized spacial score (nSPS) is 12.3. The summed E-state index contributed by atoms with van der Waals surface area (Å²) in [5.74, 6) is 0. The quantitative estimate of drug-likeness (QED) is 0.402. The maximum absolute atomic E-state index is 6.34. The lowest BCUT2D eigenvalue weighted by Crippen LogP contribution is -2.22. The molecule has 0 aliphatic heterocycles. The van der Waals surface area contributed by atoms with Gasteiger partial charge < -0.3 is 5.32 Å². The zero-order valence-corrected chi connectivity index (χ0v) is 13.8. The number of hydrogen-bond acceptors (Lipinski definition) is 1. The Morgan fingerprint density at radius 2 is 2.05 bits per heavy atom. The lowest BCUT2D eigenvalue weighted by atomic mass is 9.99. The SMILES string of the molecule is C=CCCCCCC(NCCC)c1cccc(Cl)c1Cl. The van der Waals surface area contributed by atoms with E-state index in [1.807, 2.05) is 18.2 Å². The highest BCUT2D eigenvalue weighted by Crippen LogP contribution is 2.32. The number of rotatable bonds is 10. The topological polar surface area (TPSA) is 12.0 Å². The van der Waals surface area contributed by atoms with Gasteiger partial charge in [0.1, 0.15) is 0 Å². The van der Waals surface area contributed by atoms with Crippen LogP contribution in [0.25, 0.3) is 0 Å². The summed E-state index contributed by atoms with van der Waals surface area (Å²) in [5.41, 5.74) is 1.12. The van der Waals surface area contributed by atoms with E-state index in [9.17, 15) is 0 Å². The van der Waals surface area contributed by atoms with Gasteiger partial charge >= 0.3 is 0 Å². The second kappa shape index (κ2) is 10.3. The van der Waals surface area contributed by atoms with Gasteiger partial charge in [0.05, 0.1) is 10.0 Å². The van der Waals surface area contributed by atoms with Gasteiger partial charge in [0.15, 0.2) is 0 Å². The van der Waals surface area contributed by atoms with Crippen molar-refractivity contribution in [3.63, 3.8) is 0 Å². The highest BCUT2D eigenvalue weighted by atomic mass is 35.5. The van der Waals surface area contributed by atoms with Crippen molar-refractivity contribution in [2.45, 2.75) is 51.5 Å². The molecule has 112 valence electrons. The summed E-state index contributed by atoms with van der Waals surface area (Å²) in [4.78, 5) is 0. The third kappa shape index (κ3) is 5.87. The van der Waals surface area contributed by atoms with Crippen LogP contribution in [-0.4, -0.2) is 6.54 Å². The summed E-state index contributed by atoms with van der Waals surface area (Å²) in [7, 11) is 0. The third-order valence-electron chi connectivity index (χ3n) is 3.40. The minimum absolute atomic E-state index is 0.296. The standard InChI is InChI=1S/C17H25Cl2N/c1-3-5-6-7-8-12-16(20-13-4-2)14-10-9-11-15(18)17(14)19/h3,9-11,16,20H,1,4-8,12-13H2,2H3. The molecular formula is C17H25Cl2N. The fraction of sp³-hybridized carbons (Fsp3) is 0.529. The van der Waals surface area contributed by atoms with E-state index >= 15 is 0 Å². The van der Waals surface area contributed by atoms with Gasteiger partial charge in [-0.2, -0.15) is 0 Å². The van der Waals surface area contributed by atoms with E-state index in [-0.39, 0.29) is 0 Å². The smallest absolute Gasteiger partial charge is 0.0640 e. The molecule has 1 rings (SSSR count). The lowest BCUT2D eigenvalue weighted by molar-refractivity contribution is 0.472. The van der Waals surface area contributed by atoms with E-state index in [1.54, 1.807) is 0 Å². The number of halogens is 2. The van der Waals surface area contributed by atoms with E-state index in [0.29, 0.717) is 16.1 Å². The Kier molecular flexibility index (Phi) is 9.00. The van der Waals surface area contributed by atoms with Gasteiger partial charge in [-0.3, -0.25) is 0 Å². The van der Waals surface area contributed by atoms with Crippen molar-refractivity contribution in [2.24, 2.45) is 0 Å². The number of unbranched alkanes of at least 4 members (excludes halogenated alkanes) is 3. The van der Waals surface area contributed by atoms with Crippen LogP contribution in [0.1, 0.15) is 57.1 Å². The van der Waals surface area contributed by atoms with Crippen LogP contribution in [0.15, 0.2) is 30.9 Å². The van der Waals surface area contributed by atoms with Gasteiger partial charge in [-0.05, 0) is 43.9 Å². The third-order valence-corrected chi connectivity index (χ3v) is 4.23. The summed E-state index contributed by atoms with van der Waals surface area (Å²) >= 11 is 12.5. The van der Waals surface area contributed by atoms with E-state index in [4.69, 9.17) is 23.2 Å². The molecule has 1 aromatic rings. The zero-order chi connectivity index (χ0) is 14.8. The van der Waals surface area contributed by atoms with Gasteiger partial charge in [0.2, 0.25) is 0 Å². The fourth-order valence-electron chi connectivity index (χ4n) is 2.29. The first kappa shape index (κ1) is 17.6. The number of benzene rings is 1. The minimum atomic E-state index is 0.296. The molecule has 0 amide bonds. The number of allylic oxidation sites excluding steroid dienone is 1. The van der Waals surface area contributed by atoms with E-state index < -0.39 is 0 Å². The molecule has 0 radical (unpaired) electrons. The van der Waals surface area contributed by atoms with Crippen molar-refractivity contribution in [3.8, 4) is 0 Å². The molecular weight excluding hydrogens is 289 g/mol. The Morgan fingerprint density at radius 3 is 2.75 bits per heavy atom. The van der Waals surface area contributed by atoms with Crippen LogP contribution in [0.3, 0.4) is 0 Å². The van der Waals surface area contributed by atoms with Gasteiger partial charge in [-0.15, -0.1) is 6.58 Å². The second-order valence-corrected chi connectivity index (χ2v) is 5.86. The first-order valence-electron chi connectivity index (χ1n) is 7.48. The molecule has 0 aliphatic carbocycles. The molecule has 20 heavy (non-hydrogen) atoms. The van der Waals surface area contributed by atoms with Crippen molar-refractivity contribution >= 4 is 23.2 Å². The predicted octanol–water partition coefficient (Wildman–Crippen LogP) is 6.17. The van der Waals surface area contributed by atoms with Crippen molar-refractivity contribution < 1.29 is 0 Å². The Labute approximate surface area is 133 Å². The maximum atomic E-state index is 6.34. The molecule has 1 atom stereocenters. The van der Waals surface area contributed by atoms with Crippen LogP contribution < -0.4 is 5.32 Å². The Balaban J connectivity index is 2.63. The van der Waals surface area contributed by atoms with Crippen molar-refractivity contribution in [1.29, 1.82) is 0 Å². The molecule has 0 aliphatic rings. The molecule has 1 aromatic carbocycles. The summed E-state index contributed by atoms with van der Waals surface area (Å²) in [6.07, 6.45) is 8.94. The number of hydrogen-bond donors (Lipinski definition) is 1.